The molecular weight excluding hydrogens is 218 g/mol. The molecule has 1 aliphatic heterocycles. The van der Waals surface area contributed by atoms with Gasteiger partial charge in [-0.05, 0) is 6.07 Å². The van der Waals surface area contributed by atoms with Gasteiger partial charge < -0.3 is 5.11 Å². The molecular formula is C9H8NO2S2+. The van der Waals surface area contributed by atoms with Gasteiger partial charge in [-0.15, -0.1) is 0 Å². The summed E-state index contributed by atoms with van der Waals surface area (Å²) in [4.78, 5) is 15.0. The van der Waals surface area contributed by atoms with Crippen molar-refractivity contribution in [3.05, 3.63) is 28.9 Å². The lowest BCUT2D eigenvalue weighted by molar-refractivity contribution is 0.222. The van der Waals surface area contributed by atoms with E-state index in [0.29, 0.717) is 0 Å². The molecule has 0 aliphatic carbocycles. The van der Waals surface area contributed by atoms with E-state index in [9.17, 15) is 4.79 Å². The number of nitrogens with zero attached hydrogens (tertiary/aromatic N) is 1. The van der Waals surface area contributed by atoms with Crippen LogP contribution in [-0.4, -0.2) is 21.1 Å². The number of hydrogen-bond acceptors (Lipinski definition) is 3. The summed E-state index contributed by atoms with van der Waals surface area (Å²) in [5, 5.41) is 11.7. The van der Waals surface area contributed by atoms with Crippen LogP contribution in [0.15, 0.2) is 18.3 Å². The number of fused-ring (bicyclic) bond motifs is 1. The van der Waals surface area contributed by atoms with Gasteiger partial charge in [0.25, 0.3) is 0 Å². The van der Waals surface area contributed by atoms with E-state index in [0.717, 1.165) is 16.3 Å². The molecule has 0 aromatic carbocycles. The van der Waals surface area contributed by atoms with E-state index in [1.165, 1.54) is 10.8 Å². The molecule has 1 aliphatic rings. The van der Waals surface area contributed by atoms with Gasteiger partial charge in [0.15, 0.2) is 5.41 Å². The standard InChI is InChI=1S/C9H7NO2S2/c11-9(12)14-6-8-7(3-5-13-14)2-1-4-10-8/h1-4,6H,5H2/p+1. The molecule has 2 heterocycles. The van der Waals surface area contributed by atoms with Crippen LogP contribution in [0.3, 0.4) is 0 Å². The van der Waals surface area contributed by atoms with E-state index in [-0.39, 0.29) is 0 Å². The molecule has 2 rings (SSSR count). The number of carboxylic acid groups (broad SMARTS) is 1. The Morgan fingerprint density at radius 3 is 3.29 bits per heavy atom. The molecule has 0 fully saturated rings. The Morgan fingerprint density at radius 2 is 2.50 bits per heavy atom. The van der Waals surface area contributed by atoms with Crippen LogP contribution in [0.25, 0.3) is 11.5 Å². The van der Waals surface area contributed by atoms with Crippen LogP contribution in [-0.2, 0) is 9.93 Å². The lowest BCUT2D eigenvalue weighted by Crippen LogP contribution is -2.27. The monoisotopic (exact) mass is 226 g/mol. The second-order valence-electron chi connectivity index (χ2n) is 2.65. The fraction of sp³-hybridized carbons (Fsp3) is 0.111. The summed E-state index contributed by atoms with van der Waals surface area (Å²) in [6, 6.07) is 3.81. The number of aromatic nitrogens is 1. The zero-order valence-corrected chi connectivity index (χ0v) is 8.85. The second kappa shape index (κ2) is 4.06. The average molecular weight is 226 g/mol. The Labute approximate surface area is 87.3 Å². The van der Waals surface area contributed by atoms with Crippen molar-refractivity contribution < 1.29 is 9.90 Å². The molecule has 0 spiro atoms. The third kappa shape index (κ3) is 1.93. The first-order valence-corrected chi connectivity index (χ1v) is 6.79. The van der Waals surface area contributed by atoms with E-state index in [4.69, 9.17) is 5.11 Å². The van der Waals surface area contributed by atoms with Crippen molar-refractivity contribution in [2.75, 3.05) is 5.75 Å². The van der Waals surface area contributed by atoms with Crippen molar-refractivity contribution in [3.63, 3.8) is 0 Å². The Morgan fingerprint density at radius 1 is 1.64 bits per heavy atom. The molecule has 0 bridgehead atoms. The first-order valence-electron chi connectivity index (χ1n) is 4.00. The van der Waals surface area contributed by atoms with Crippen LogP contribution in [0.5, 0.6) is 0 Å². The predicted molar refractivity (Wildman–Crippen MR) is 60.3 cm³/mol. The first kappa shape index (κ1) is 9.61. The Bertz CT molecular complexity index is 472. The molecule has 1 N–H and O–H groups in total. The van der Waals surface area contributed by atoms with Crippen molar-refractivity contribution in [3.8, 4) is 0 Å². The van der Waals surface area contributed by atoms with Crippen LogP contribution in [0.1, 0.15) is 0 Å². The van der Waals surface area contributed by atoms with Crippen LogP contribution < -0.4 is 10.6 Å². The Balaban J connectivity index is 2.57. The minimum Gasteiger partial charge on any atom is -0.440 e. The van der Waals surface area contributed by atoms with Gasteiger partial charge in [0.05, 0.1) is 5.75 Å². The van der Waals surface area contributed by atoms with Gasteiger partial charge in [0, 0.05) is 11.4 Å². The number of carbonyl (C=O) groups is 1. The summed E-state index contributed by atoms with van der Waals surface area (Å²) < 4.78 is 0. The minimum atomic E-state index is -0.776. The third-order valence-electron chi connectivity index (χ3n) is 1.76. The first-order chi connectivity index (χ1) is 6.77. The number of pyridine rings is 1. The van der Waals surface area contributed by atoms with Gasteiger partial charge in [-0.1, -0.05) is 12.1 Å². The van der Waals surface area contributed by atoms with Crippen molar-refractivity contribution >= 4 is 37.5 Å². The maximum Gasteiger partial charge on any atom is 0.541 e. The molecule has 0 saturated carbocycles. The highest BCUT2D eigenvalue weighted by Crippen LogP contribution is 2.19. The molecule has 0 saturated heterocycles. The highest BCUT2D eigenvalue weighted by Gasteiger charge is 2.29. The zero-order chi connectivity index (χ0) is 9.97. The van der Waals surface area contributed by atoms with Crippen molar-refractivity contribution in [1.82, 2.24) is 4.98 Å². The van der Waals surface area contributed by atoms with Crippen molar-refractivity contribution in [2.45, 2.75) is 0 Å². The zero-order valence-electron chi connectivity index (χ0n) is 7.21. The summed E-state index contributed by atoms with van der Waals surface area (Å²) in [6.45, 7) is 0. The van der Waals surface area contributed by atoms with E-state index in [1.807, 2.05) is 18.2 Å². The van der Waals surface area contributed by atoms with Gasteiger partial charge in [-0.3, -0.25) is 4.98 Å². The largest absolute Gasteiger partial charge is 0.541 e. The lowest BCUT2D eigenvalue weighted by Gasteiger charge is -1.88. The minimum absolute atomic E-state index is 0.727. The van der Waals surface area contributed by atoms with E-state index >= 15 is 0 Å². The topological polar surface area (TPSA) is 50.2 Å². The predicted octanol–water partition coefficient (Wildman–Crippen LogP) is 0.558. The highest BCUT2D eigenvalue weighted by atomic mass is 33.1. The van der Waals surface area contributed by atoms with Gasteiger partial charge in [0.2, 0.25) is 9.93 Å². The summed E-state index contributed by atoms with van der Waals surface area (Å²) in [5.41, 5.74) is 0. The van der Waals surface area contributed by atoms with Crippen molar-refractivity contribution in [1.29, 1.82) is 0 Å². The Kier molecular flexibility index (Phi) is 2.79. The molecule has 1 aromatic rings. The molecule has 3 nitrogen and oxygen atoms in total. The molecule has 14 heavy (non-hydrogen) atoms. The molecule has 1 unspecified atom stereocenters. The second-order valence-corrected chi connectivity index (χ2v) is 6.18. The van der Waals surface area contributed by atoms with Gasteiger partial charge in [0.1, 0.15) is 16.1 Å². The fourth-order valence-electron chi connectivity index (χ4n) is 1.13. The summed E-state index contributed by atoms with van der Waals surface area (Å²) in [6.07, 6.45) is 3.70. The van der Waals surface area contributed by atoms with Crippen LogP contribution in [0, 0.1) is 0 Å². The van der Waals surface area contributed by atoms with E-state index < -0.39 is 15.2 Å². The Hall–Kier alpha value is -0.940. The summed E-state index contributed by atoms with van der Waals surface area (Å²) in [5.74, 6) is 0.727. The number of hydrogen-bond donors (Lipinski definition) is 1. The molecule has 5 heteroatoms. The van der Waals surface area contributed by atoms with Gasteiger partial charge in [-0.25, -0.2) is 0 Å². The van der Waals surface area contributed by atoms with E-state index in [2.05, 4.69) is 4.98 Å². The van der Waals surface area contributed by atoms with Crippen LogP contribution in [0.4, 0.5) is 4.79 Å². The third-order valence-corrected chi connectivity index (χ3v) is 4.98. The lowest BCUT2D eigenvalue weighted by atomic mass is 10.3. The molecule has 72 valence electrons. The van der Waals surface area contributed by atoms with E-state index in [1.54, 1.807) is 11.6 Å². The van der Waals surface area contributed by atoms with Crippen LogP contribution in [0.2, 0.25) is 0 Å². The quantitative estimate of drug-likeness (QED) is 0.519. The van der Waals surface area contributed by atoms with Crippen molar-refractivity contribution in [2.24, 2.45) is 0 Å². The average Bonchev–Trinajstić information content (AvgIpc) is 2.39. The van der Waals surface area contributed by atoms with Crippen LogP contribution >= 0.6 is 10.8 Å². The molecule has 0 amide bonds. The summed E-state index contributed by atoms with van der Waals surface area (Å²) in [7, 11) is 0.665. The number of rotatable bonds is 0. The highest BCUT2D eigenvalue weighted by molar-refractivity contribution is 8.82. The maximum atomic E-state index is 10.8. The molecule has 0 radical (unpaired) electrons. The smallest absolute Gasteiger partial charge is 0.440 e. The van der Waals surface area contributed by atoms with Gasteiger partial charge in [-0.2, -0.15) is 4.79 Å². The maximum absolute atomic E-state index is 10.8. The fourth-order valence-corrected chi connectivity index (χ4v) is 3.62. The normalized spacial score (nSPS) is 19.9. The molecule has 1 aromatic heterocycles. The molecule has 1 atom stereocenters. The SMILES string of the molecule is O=C(O)[S+]1C=c2ncccc2=CCS1. The summed E-state index contributed by atoms with van der Waals surface area (Å²) >= 11 is 0. The van der Waals surface area contributed by atoms with Gasteiger partial charge >= 0.3 is 5.30 Å².